The maximum Gasteiger partial charge on any atom is 0.127 e. The highest BCUT2D eigenvalue weighted by Gasteiger charge is 2.23. The molecule has 3 rings (SSSR count). The largest absolute Gasteiger partial charge is 0.491 e. The molecular formula is C14H19NO3. The van der Waals surface area contributed by atoms with E-state index in [4.69, 9.17) is 14.2 Å². The minimum absolute atomic E-state index is 0.276. The van der Waals surface area contributed by atoms with Crippen LogP contribution in [0.1, 0.15) is 24.4 Å². The van der Waals surface area contributed by atoms with E-state index in [1.54, 1.807) is 0 Å². The molecule has 1 N–H and O–H groups in total. The van der Waals surface area contributed by atoms with Gasteiger partial charge in [0, 0.05) is 24.5 Å². The summed E-state index contributed by atoms with van der Waals surface area (Å²) in [6.45, 7) is 2.30. The molecule has 2 aliphatic heterocycles. The van der Waals surface area contributed by atoms with Crippen LogP contribution < -0.4 is 14.8 Å². The highest BCUT2D eigenvalue weighted by Crippen LogP contribution is 2.35. The summed E-state index contributed by atoms with van der Waals surface area (Å²) >= 11 is 0. The first kappa shape index (κ1) is 11.8. The number of nitrogens with one attached hydrogen (secondary N) is 1. The molecule has 18 heavy (non-hydrogen) atoms. The Hall–Kier alpha value is -1.26. The Morgan fingerprint density at radius 3 is 2.89 bits per heavy atom. The Bertz CT molecular complexity index is 416. The van der Waals surface area contributed by atoms with Gasteiger partial charge in [0.2, 0.25) is 0 Å². The van der Waals surface area contributed by atoms with Crippen LogP contribution >= 0.6 is 0 Å². The van der Waals surface area contributed by atoms with E-state index in [0.717, 1.165) is 37.6 Å². The maximum absolute atomic E-state index is 5.97. The molecule has 0 bridgehead atoms. The molecule has 0 aromatic heterocycles. The number of fused-ring (bicyclic) bond motifs is 1. The number of benzene rings is 1. The topological polar surface area (TPSA) is 39.7 Å². The summed E-state index contributed by atoms with van der Waals surface area (Å²) in [4.78, 5) is 0. The molecule has 1 aromatic carbocycles. The third kappa shape index (κ3) is 2.31. The van der Waals surface area contributed by atoms with Crippen molar-refractivity contribution in [1.29, 1.82) is 0 Å². The van der Waals surface area contributed by atoms with Crippen LogP contribution in [0.3, 0.4) is 0 Å². The molecule has 4 nitrogen and oxygen atoms in total. The average molecular weight is 249 g/mol. The smallest absolute Gasteiger partial charge is 0.127 e. The quantitative estimate of drug-likeness (QED) is 0.888. The molecule has 0 radical (unpaired) electrons. The van der Waals surface area contributed by atoms with Gasteiger partial charge < -0.3 is 19.5 Å². The third-order valence-corrected chi connectivity index (χ3v) is 3.59. The predicted octanol–water partition coefficient (Wildman–Crippen LogP) is 1.90. The van der Waals surface area contributed by atoms with Gasteiger partial charge in [-0.1, -0.05) is 0 Å². The standard InChI is InChI=1S/C14H19NO3/c1-15-13-9-17-14-8-11(2-3-12(13)14)18-10-4-6-16-7-5-10/h2-3,8,10,13,15H,4-7,9H2,1H3. The Labute approximate surface area is 107 Å². The Balaban J connectivity index is 1.70. The summed E-state index contributed by atoms with van der Waals surface area (Å²) in [5.41, 5.74) is 1.22. The van der Waals surface area contributed by atoms with Gasteiger partial charge in [0.15, 0.2) is 0 Å². The predicted molar refractivity (Wildman–Crippen MR) is 68.2 cm³/mol. The SMILES string of the molecule is CNC1COc2cc(OC3CCOCC3)ccc21. The average Bonchev–Trinajstić information content (AvgIpc) is 2.82. The fraction of sp³-hybridized carbons (Fsp3) is 0.571. The fourth-order valence-corrected chi connectivity index (χ4v) is 2.49. The van der Waals surface area contributed by atoms with Gasteiger partial charge in [0.25, 0.3) is 0 Å². The van der Waals surface area contributed by atoms with Gasteiger partial charge >= 0.3 is 0 Å². The van der Waals surface area contributed by atoms with Crippen molar-refractivity contribution in [3.8, 4) is 11.5 Å². The van der Waals surface area contributed by atoms with Crippen molar-refractivity contribution < 1.29 is 14.2 Å². The van der Waals surface area contributed by atoms with Crippen LogP contribution in [0.15, 0.2) is 18.2 Å². The molecular weight excluding hydrogens is 230 g/mol. The van der Waals surface area contributed by atoms with E-state index in [1.807, 2.05) is 19.2 Å². The monoisotopic (exact) mass is 249 g/mol. The van der Waals surface area contributed by atoms with Crippen LogP contribution in [0.2, 0.25) is 0 Å². The van der Waals surface area contributed by atoms with E-state index in [2.05, 4.69) is 11.4 Å². The third-order valence-electron chi connectivity index (χ3n) is 3.59. The van der Waals surface area contributed by atoms with Crippen LogP contribution in [-0.2, 0) is 4.74 Å². The van der Waals surface area contributed by atoms with Crippen molar-refractivity contribution in [2.24, 2.45) is 0 Å². The summed E-state index contributed by atoms with van der Waals surface area (Å²) in [7, 11) is 1.95. The Kier molecular flexibility index (Phi) is 3.39. The molecule has 1 fully saturated rings. The second-order valence-corrected chi connectivity index (χ2v) is 4.78. The van der Waals surface area contributed by atoms with Crippen molar-refractivity contribution in [2.45, 2.75) is 25.0 Å². The minimum Gasteiger partial charge on any atom is -0.491 e. The van der Waals surface area contributed by atoms with Crippen LogP contribution in [0, 0.1) is 0 Å². The van der Waals surface area contributed by atoms with Gasteiger partial charge in [0.05, 0.1) is 19.3 Å². The fourth-order valence-electron chi connectivity index (χ4n) is 2.49. The van der Waals surface area contributed by atoms with Crippen molar-refractivity contribution in [1.82, 2.24) is 5.32 Å². The lowest BCUT2D eigenvalue weighted by Gasteiger charge is -2.23. The van der Waals surface area contributed by atoms with Crippen molar-refractivity contribution >= 4 is 0 Å². The molecule has 4 heteroatoms. The molecule has 2 heterocycles. The number of hydrogen-bond acceptors (Lipinski definition) is 4. The summed E-state index contributed by atoms with van der Waals surface area (Å²) in [6, 6.07) is 6.44. The normalized spacial score (nSPS) is 23.5. The highest BCUT2D eigenvalue weighted by molar-refractivity contribution is 5.45. The Morgan fingerprint density at radius 2 is 2.11 bits per heavy atom. The second-order valence-electron chi connectivity index (χ2n) is 4.78. The molecule has 0 saturated carbocycles. The number of rotatable bonds is 3. The van der Waals surface area contributed by atoms with E-state index in [9.17, 15) is 0 Å². The van der Waals surface area contributed by atoms with Crippen LogP contribution in [0.5, 0.6) is 11.5 Å². The molecule has 1 atom stereocenters. The number of likely N-dealkylation sites (N-methyl/N-ethyl adjacent to an activating group) is 1. The van der Waals surface area contributed by atoms with Gasteiger partial charge in [-0.2, -0.15) is 0 Å². The van der Waals surface area contributed by atoms with Gasteiger partial charge in [-0.05, 0) is 19.2 Å². The number of ether oxygens (including phenoxy) is 3. The molecule has 1 saturated heterocycles. The van der Waals surface area contributed by atoms with E-state index in [-0.39, 0.29) is 6.10 Å². The summed E-state index contributed by atoms with van der Waals surface area (Å²) in [5.74, 6) is 1.84. The number of hydrogen-bond donors (Lipinski definition) is 1. The Morgan fingerprint density at radius 1 is 1.28 bits per heavy atom. The van der Waals surface area contributed by atoms with Crippen LogP contribution in [0.25, 0.3) is 0 Å². The first-order valence-electron chi connectivity index (χ1n) is 6.55. The molecule has 98 valence electrons. The highest BCUT2D eigenvalue weighted by atomic mass is 16.5. The van der Waals surface area contributed by atoms with Crippen LogP contribution in [0.4, 0.5) is 0 Å². The molecule has 0 aliphatic carbocycles. The van der Waals surface area contributed by atoms with Gasteiger partial charge in [0.1, 0.15) is 24.2 Å². The minimum atomic E-state index is 0.276. The first-order valence-corrected chi connectivity index (χ1v) is 6.55. The maximum atomic E-state index is 5.97. The zero-order valence-electron chi connectivity index (χ0n) is 10.6. The van der Waals surface area contributed by atoms with E-state index in [0.29, 0.717) is 12.6 Å². The second kappa shape index (κ2) is 5.16. The zero-order chi connectivity index (χ0) is 12.4. The van der Waals surface area contributed by atoms with E-state index >= 15 is 0 Å². The van der Waals surface area contributed by atoms with Crippen LogP contribution in [-0.4, -0.2) is 33.0 Å². The molecule has 0 spiro atoms. The summed E-state index contributed by atoms with van der Waals surface area (Å²) in [6.07, 6.45) is 2.21. The first-order chi connectivity index (χ1) is 8.86. The van der Waals surface area contributed by atoms with Gasteiger partial charge in [-0.25, -0.2) is 0 Å². The van der Waals surface area contributed by atoms with Crippen molar-refractivity contribution in [2.75, 3.05) is 26.9 Å². The molecule has 2 aliphatic rings. The van der Waals surface area contributed by atoms with E-state index < -0.39 is 0 Å². The lowest BCUT2D eigenvalue weighted by molar-refractivity contribution is 0.0255. The molecule has 0 amide bonds. The van der Waals surface area contributed by atoms with Gasteiger partial charge in [-0.15, -0.1) is 0 Å². The molecule has 1 unspecified atom stereocenters. The lowest BCUT2D eigenvalue weighted by Crippen LogP contribution is -2.25. The zero-order valence-corrected chi connectivity index (χ0v) is 10.6. The molecule has 1 aromatic rings. The summed E-state index contributed by atoms with van der Waals surface area (Å²) in [5, 5.41) is 3.24. The van der Waals surface area contributed by atoms with Crippen molar-refractivity contribution in [3.05, 3.63) is 23.8 Å². The lowest BCUT2D eigenvalue weighted by atomic mass is 10.1. The van der Waals surface area contributed by atoms with E-state index in [1.165, 1.54) is 5.56 Å². The van der Waals surface area contributed by atoms with Gasteiger partial charge in [-0.3, -0.25) is 0 Å². The summed E-state index contributed by atoms with van der Waals surface area (Å²) < 4.78 is 17.0. The van der Waals surface area contributed by atoms with Crippen molar-refractivity contribution in [3.63, 3.8) is 0 Å².